The summed E-state index contributed by atoms with van der Waals surface area (Å²) in [5.41, 5.74) is 2.17. The Kier molecular flexibility index (Phi) is 7.22. The van der Waals surface area contributed by atoms with Gasteiger partial charge in [0.15, 0.2) is 11.5 Å². The number of halogens is 1. The van der Waals surface area contributed by atoms with E-state index in [1.54, 1.807) is 39.3 Å². The fourth-order valence-electron chi connectivity index (χ4n) is 2.54. The van der Waals surface area contributed by atoms with Gasteiger partial charge in [-0.25, -0.2) is 14.8 Å². The number of hydrogen-bond acceptors (Lipinski definition) is 7. The lowest BCUT2D eigenvalue weighted by molar-refractivity contribution is 0.168. The molecule has 9 heteroatoms. The molecule has 0 saturated heterocycles. The van der Waals surface area contributed by atoms with Gasteiger partial charge in [-0.1, -0.05) is 0 Å². The fraction of sp³-hybridized carbons (Fsp3) is 0.211. The zero-order valence-electron chi connectivity index (χ0n) is 15.7. The molecule has 0 aliphatic carbocycles. The molecule has 0 atom stereocenters. The number of rotatable bonds is 6. The summed E-state index contributed by atoms with van der Waals surface area (Å²) < 4.78 is 15.5. The van der Waals surface area contributed by atoms with E-state index >= 15 is 0 Å². The van der Waals surface area contributed by atoms with E-state index in [9.17, 15) is 4.79 Å². The van der Waals surface area contributed by atoms with E-state index in [1.165, 1.54) is 6.33 Å². The van der Waals surface area contributed by atoms with Crippen molar-refractivity contribution in [3.63, 3.8) is 0 Å². The minimum atomic E-state index is -0.485. The molecule has 0 radical (unpaired) electrons. The van der Waals surface area contributed by atoms with Gasteiger partial charge in [0.1, 0.15) is 12.1 Å². The summed E-state index contributed by atoms with van der Waals surface area (Å²) in [5.74, 6) is 1.83. The third-order valence-electron chi connectivity index (χ3n) is 3.81. The van der Waals surface area contributed by atoms with Crippen LogP contribution >= 0.6 is 12.4 Å². The first-order valence-corrected chi connectivity index (χ1v) is 8.32. The molecule has 3 aromatic rings. The predicted molar refractivity (Wildman–Crippen MR) is 110 cm³/mol. The summed E-state index contributed by atoms with van der Waals surface area (Å²) in [5, 5.41) is 6.69. The van der Waals surface area contributed by atoms with Crippen molar-refractivity contribution in [3.05, 3.63) is 42.7 Å². The number of anilines is 3. The number of carbonyl (C=O) groups excluding carboxylic acids is 1. The van der Waals surface area contributed by atoms with E-state index in [4.69, 9.17) is 14.2 Å². The Morgan fingerprint density at radius 3 is 2.29 bits per heavy atom. The molecule has 0 bridgehead atoms. The lowest BCUT2D eigenvalue weighted by Gasteiger charge is -2.12. The third-order valence-corrected chi connectivity index (χ3v) is 3.81. The Labute approximate surface area is 168 Å². The number of benzene rings is 2. The minimum Gasteiger partial charge on any atom is -0.493 e. The van der Waals surface area contributed by atoms with Gasteiger partial charge in [0.05, 0.1) is 26.3 Å². The van der Waals surface area contributed by atoms with Crippen molar-refractivity contribution in [1.29, 1.82) is 0 Å². The van der Waals surface area contributed by atoms with Crippen molar-refractivity contribution >= 4 is 46.6 Å². The number of carbonyl (C=O) groups is 1. The normalized spacial score (nSPS) is 9.96. The number of aromatic nitrogens is 2. The molecule has 0 aliphatic rings. The number of methoxy groups -OCH3 is 2. The lowest BCUT2D eigenvalue weighted by atomic mass is 10.2. The van der Waals surface area contributed by atoms with Crippen LogP contribution in [0.1, 0.15) is 6.92 Å². The van der Waals surface area contributed by atoms with Crippen LogP contribution in [0.25, 0.3) is 10.9 Å². The maximum absolute atomic E-state index is 11.5. The van der Waals surface area contributed by atoms with Crippen LogP contribution in [0, 0.1) is 0 Å². The predicted octanol–water partition coefficient (Wildman–Crippen LogP) is 4.38. The van der Waals surface area contributed by atoms with Gasteiger partial charge in [-0.3, -0.25) is 5.32 Å². The van der Waals surface area contributed by atoms with Crippen LogP contribution in [-0.2, 0) is 4.74 Å². The first kappa shape index (κ1) is 21.0. The van der Waals surface area contributed by atoms with Crippen molar-refractivity contribution in [2.75, 3.05) is 31.5 Å². The maximum atomic E-state index is 11.5. The Balaban J connectivity index is 0.00000280. The highest BCUT2D eigenvalue weighted by Gasteiger charge is 2.11. The average Bonchev–Trinajstić information content (AvgIpc) is 2.68. The largest absolute Gasteiger partial charge is 0.493 e. The monoisotopic (exact) mass is 404 g/mol. The second kappa shape index (κ2) is 9.61. The van der Waals surface area contributed by atoms with Gasteiger partial charge < -0.3 is 19.5 Å². The van der Waals surface area contributed by atoms with Crippen LogP contribution in [0.2, 0.25) is 0 Å². The number of nitrogens with zero attached hydrogens (tertiary/aromatic N) is 2. The van der Waals surface area contributed by atoms with Crippen LogP contribution in [0.15, 0.2) is 42.7 Å². The quantitative estimate of drug-likeness (QED) is 0.629. The molecule has 0 unspecified atom stereocenters. The van der Waals surface area contributed by atoms with E-state index in [0.29, 0.717) is 29.6 Å². The zero-order valence-corrected chi connectivity index (χ0v) is 16.5. The Morgan fingerprint density at radius 2 is 1.64 bits per heavy atom. The van der Waals surface area contributed by atoms with Gasteiger partial charge in [-0.05, 0) is 37.3 Å². The van der Waals surface area contributed by atoms with Gasteiger partial charge in [-0.2, -0.15) is 0 Å². The Hall–Kier alpha value is -3.26. The summed E-state index contributed by atoms with van der Waals surface area (Å²) in [6.07, 6.45) is 0.994. The van der Waals surface area contributed by atoms with Crippen LogP contribution < -0.4 is 20.1 Å². The molecule has 28 heavy (non-hydrogen) atoms. The summed E-state index contributed by atoms with van der Waals surface area (Å²) in [4.78, 5) is 20.1. The van der Waals surface area contributed by atoms with Crippen molar-refractivity contribution in [2.24, 2.45) is 0 Å². The van der Waals surface area contributed by atoms with E-state index in [-0.39, 0.29) is 12.4 Å². The molecule has 0 fully saturated rings. The Morgan fingerprint density at radius 1 is 1.00 bits per heavy atom. The number of nitrogens with one attached hydrogen (secondary N) is 2. The SMILES string of the molecule is CCOC(=O)Nc1ccc(Nc2ncnc3cc(OC)c(OC)cc23)cc1.Cl. The maximum Gasteiger partial charge on any atom is 0.411 e. The number of fused-ring (bicyclic) bond motifs is 1. The molecule has 1 aromatic heterocycles. The standard InChI is InChI=1S/C19H20N4O4.ClH/c1-4-27-19(24)23-13-7-5-12(6-8-13)22-18-14-9-16(25-2)17(26-3)10-15(14)20-11-21-18;/h5-11H,4H2,1-3H3,(H,23,24)(H,20,21,22);1H. The van der Waals surface area contributed by atoms with Crippen molar-refractivity contribution in [2.45, 2.75) is 6.92 Å². The molecule has 3 rings (SSSR count). The van der Waals surface area contributed by atoms with Gasteiger partial charge in [-0.15, -0.1) is 12.4 Å². The smallest absolute Gasteiger partial charge is 0.411 e. The first-order valence-electron chi connectivity index (χ1n) is 8.32. The molecule has 0 spiro atoms. The molecule has 0 aliphatic heterocycles. The summed E-state index contributed by atoms with van der Waals surface area (Å²) >= 11 is 0. The van der Waals surface area contributed by atoms with E-state index in [1.807, 2.05) is 18.2 Å². The molecule has 1 heterocycles. The van der Waals surface area contributed by atoms with Crippen molar-refractivity contribution in [3.8, 4) is 11.5 Å². The molecule has 0 saturated carbocycles. The average molecular weight is 405 g/mol. The highest BCUT2D eigenvalue weighted by atomic mass is 35.5. The zero-order chi connectivity index (χ0) is 19.2. The molecule has 2 N–H and O–H groups in total. The Bertz CT molecular complexity index is 951. The van der Waals surface area contributed by atoms with Gasteiger partial charge >= 0.3 is 6.09 Å². The lowest BCUT2D eigenvalue weighted by Crippen LogP contribution is -2.13. The van der Waals surface area contributed by atoms with Gasteiger partial charge in [0.2, 0.25) is 0 Å². The molecular formula is C19H21ClN4O4. The van der Waals surface area contributed by atoms with E-state index < -0.39 is 6.09 Å². The van der Waals surface area contributed by atoms with Crippen LogP contribution in [0.4, 0.5) is 22.0 Å². The molecule has 1 amide bonds. The fourth-order valence-corrected chi connectivity index (χ4v) is 2.54. The second-order valence-electron chi connectivity index (χ2n) is 5.49. The number of ether oxygens (including phenoxy) is 3. The van der Waals surface area contributed by atoms with Crippen molar-refractivity contribution < 1.29 is 19.0 Å². The van der Waals surface area contributed by atoms with Crippen molar-refractivity contribution in [1.82, 2.24) is 9.97 Å². The number of amides is 1. The molecule has 2 aromatic carbocycles. The molecule has 8 nitrogen and oxygen atoms in total. The summed E-state index contributed by atoms with van der Waals surface area (Å²) in [6.45, 7) is 2.07. The topological polar surface area (TPSA) is 94.6 Å². The highest BCUT2D eigenvalue weighted by Crippen LogP contribution is 2.34. The first-order chi connectivity index (χ1) is 13.1. The molecule has 148 valence electrons. The van der Waals surface area contributed by atoms with Gasteiger partial charge in [0, 0.05) is 22.8 Å². The van der Waals surface area contributed by atoms with E-state index in [0.717, 1.165) is 16.6 Å². The van der Waals surface area contributed by atoms with Crippen LogP contribution in [0.3, 0.4) is 0 Å². The van der Waals surface area contributed by atoms with Crippen LogP contribution in [-0.4, -0.2) is 36.9 Å². The minimum absolute atomic E-state index is 0. The highest BCUT2D eigenvalue weighted by molar-refractivity contribution is 5.93. The van der Waals surface area contributed by atoms with E-state index in [2.05, 4.69) is 20.6 Å². The van der Waals surface area contributed by atoms with Gasteiger partial charge in [0.25, 0.3) is 0 Å². The number of hydrogen-bond donors (Lipinski definition) is 2. The third kappa shape index (κ3) is 4.72. The summed E-state index contributed by atoms with van der Waals surface area (Å²) in [6, 6.07) is 10.8. The van der Waals surface area contributed by atoms with Crippen LogP contribution in [0.5, 0.6) is 11.5 Å². The summed E-state index contributed by atoms with van der Waals surface area (Å²) in [7, 11) is 3.16. The molecular weight excluding hydrogens is 384 g/mol. The second-order valence-corrected chi connectivity index (χ2v) is 5.49.